The molecule has 4 nitrogen and oxygen atoms in total. The van der Waals surface area contributed by atoms with Gasteiger partial charge >= 0.3 is 0 Å². The van der Waals surface area contributed by atoms with Crippen molar-refractivity contribution in [2.75, 3.05) is 26.7 Å². The SMILES string of the molecule is CCN(C1CCCNC1)C(C)C(=O)NC. The molecule has 1 aliphatic rings. The molecule has 0 radical (unpaired) electrons. The predicted octanol–water partition coefficient (Wildman–Crippen LogP) is 0.195. The lowest BCUT2D eigenvalue weighted by Crippen LogP contribution is -2.53. The van der Waals surface area contributed by atoms with Crippen LogP contribution in [0.1, 0.15) is 26.7 Å². The number of piperidine rings is 1. The number of carbonyl (C=O) groups is 1. The summed E-state index contributed by atoms with van der Waals surface area (Å²) < 4.78 is 0. The third-order valence-electron chi connectivity index (χ3n) is 3.23. The van der Waals surface area contributed by atoms with Crippen molar-refractivity contribution in [1.29, 1.82) is 0 Å². The fraction of sp³-hybridized carbons (Fsp3) is 0.909. The molecule has 0 aromatic rings. The Hall–Kier alpha value is -0.610. The zero-order chi connectivity index (χ0) is 11.3. The molecule has 1 amide bonds. The minimum absolute atomic E-state index is 0.0232. The molecule has 2 atom stereocenters. The molecule has 1 heterocycles. The molecule has 1 aliphatic heterocycles. The lowest BCUT2D eigenvalue weighted by molar-refractivity contribution is -0.126. The van der Waals surface area contributed by atoms with Gasteiger partial charge in [0.25, 0.3) is 0 Å². The number of likely N-dealkylation sites (N-methyl/N-ethyl adjacent to an activating group) is 2. The van der Waals surface area contributed by atoms with Gasteiger partial charge in [-0.05, 0) is 32.9 Å². The Kier molecular flexibility index (Phi) is 5.05. The molecule has 0 bridgehead atoms. The molecule has 88 valence electrons. The smallest absolute Gasteiger partial charge is 0.236 e. The van der Waals surface area contributed by atoms with Crippen molar-refractivity contribution in [3.8, 4) is 0 Å². The molecular weight excluding hydrogens is 190 g/mol. The van der Waals surface area contributed by atoms with Gasteiger partial charge in [-0.15, -0.1) is 0 Å². The number of carbonyl (C=O) groups excluding carboxylic acids is 1. The summed E-state index contributed by atoms with van der Waals surface area (Å²) in [7, 11) is 1.70. The molecule has 1 rings (SSSR count). The van der Waals surface area contributed by atoms with Crippen molar-refractivity contribution in [3.05, 3.63) is 0 Å². The van der Waals surface area contributed by atoms with Crippen LogP contribution in [0.15, 0.2) is 0 Å². The van der Waals surface area contributed by atoms with Crippen LogP contribution < -0.4 is 10.6 Å². The largest absolute Gasteiger partial charge is 0.358 e. The second kappa shape index (κ2) is 6.08. The number of amides is 1. The van der Waals surface area contributed by atoms with Gasteiger partial charge in [0.05, 0.1) is 6.04 Å². The Bertz CT molecular complexity index is 202. The minimum Gasteiger partial charge on any atom is -0.358 e. The van der Waals surface area contributed by atoms with E-state index in [1.165, 1.54) is 12.8 Å². The summed E-state index contributed by atoms with van der Waals surface area (Å²) >= 11 is 0. The van der Waals surface area contributed by atoms with E-state index in [1.54, 1.807) is 7.05 Å². The number of nitrogens with one attached hydrogen (secondary N) is 2. The second-order valence-corrected chi connectivity index (χ2v) is 4.12. The fourth-order valence-electron chi connectivity index (χ4n) is 2.32. The van der Waals surface area contributed by atoms with Crippen molar-refractivity contribution >= 4 is 5.91 Å². The topological polar surface area (TPSA) is 44.4 Å². The summed E-state index contributed by atoms with van der Waals surface area (Å²) in [5, 5.41) is 6.11. The molecule has 4 heteroatoms. The van der Waals surface area contributed by atoms with Gasteiger partial charge in [0, 0.05) is 19.6 Å². The first-order valence-corrected chi connectivity index (χ1v) is 5.88. The number of nitrogens with zero attached hydrogens (tertiary/aromatic N) is 1. The third kappa shape index (κ3) is 3.18. The quantitative estimate of drug-likeness (QED) is 0.701. The highest BCUT2D eigenvalue weighted by Crippen LogP contribution is 2.13. The van der Waals surface area contributed by atoms with Gasteiger partial charge in [-0.25, -0.2) is 0 Å². The molecule has 15 heavy (non-hydrogen) atoms. The van der Waals surface area contributed by atoms with Gasteiger partial charge in [0.1, 0.15) is 0 Å². The molecule has 2 N–H and O–H groups in total. The Labute approximate surface area is 92.4 Å². The van der Waals surface area contributed by atoms with Crippen LogP contribution in [-0.4, -0.2) is 49.6 Å². The standard InChI is InChI=1S/C11H23N3O/c1-4-14(9(2)11(15)12-3)10-6-5-7-13-8-10/h9-10,13H,4-8H2,1-3H3,(H,12,15). The number of hydrogen-bond acceptors (Lipinski definition) is 3. The highest BCUT2D eigenvalue weighted by atomic mass is 16.2. The maximum atomic E-state index is 11.6. The van der Waals surface area contributed by atoms with E-state index in [2.05, 4.69) is 22.5 Å². The van der Waals surface area contributed by atoms with Crippen LogP contribution in [0.3, 0.4) is 0 Å². The predicted molar refractivity (Wildman–Crippen MR) is 61.8 cm³/mol. The molecule has 0 aliphatic carbocycles. The van der Waals surface area contributed by atoms with E-state index in [0.29, 0.717) is 6.04 Å². The zero-order valence-electron chi connectivity index (χ0n) is 10.0. The second-order valence-electron chi connectivity index (χ2n) is 4.12. The first kappa shape index (κ1) is 12.5. The summed E-state index contributed by atoms with van der Waals surface area (Å²) in [5.41, 5.74) is 0. The van der Waals surface area contributed by atoms with Gasteiger partial charge < -0.3 is 10.6 Å². The minimum atomic E-state index is -0.0232. The molecule has 2 unspecified atom stereocenters. The van der Waals surface area contributed by atoms with Crippen molar-refractivity contribution in [2.24, 2.45) is 0 Å². The van der Waals surface area contributed by atoms with Gasteiger partial charge in [0.2, 0.25) is 5.91 Å². The normalized spacial score (nSPS) is 23.9. The average Bonchev–Trinajstić information content (AvgIpc) is 2.30. The van der Waals surface area contributed by atoms with Crippen molar-refractivity contribution in [3.63, 3.8) is 0 Å². The Morgan fingerprint density at radius 2 is 2.40 bits per heavy atom. The summed E-state index contributed by atoms with van der Waals surface area (Å²) in [6.07, 6.45) is 2.41. The fourth-order valence-corrected chi connectivity index (χ4v) is 2.32. The van der Waals surface area contributed by atoms with Crippen LogP contribution in [-0.2, 0) is 4.79 Å². The van der Waals surface area contributed by atoms with E-state index < -0.39 is 0 Å². The van der Waals surface area contributed by atoms with Crippen LogP contribution >= 0.6 is 0 Å². The van der Waals surface area contributed by atoms with Crippen LogP contribution in [0.5, 0.6) is 0 Å². The van der Waals surface area contributed by atoms with E-state index in [0.717, 1.165) is 19.6 Å². The first-order valence-electron chi connectivity index (χ1n) is 5.88. The summed E-state index contributed by atoms with van der Waals surface area (Å²) in [5.74, 6) is 0.113. The molecule has 1 fully saturated rings. The van der Waals surface area contributed by atoms with Gasteiger partial charge in [0.15, 0.2) is 0 Å². The molecule has 0 spiro atoms. The summed E-state index contributed by atoms with van der Waals surface area (Å²) in [4.78, 5) is 13.9. The molecule has 0 aromatic heterocycles. The highest BCUT2D eigenvalue weighted by Gasteiger charge is 2.27. The first-order chi connectivity index (χ1) is 7.20. The van der Waals surface area contributed by atoms with E-state index >= 15 is 0 Å². The van der Waals surface area contributed by atoms with Gasteiger partial charge in [-0.2, -0.15) is 0 Å². The Morgan fingerprint density at radius 3 is 2.87 bits per heavy atom. The zero-order valence-corrected chi connectivity index (χ0v) is 10.0. The summed E-state index contributed by atoms with van der Waals surface area (Å²) in [6, 6.07) is 0.487. The molecular formula is C11H23N3O. The van der Waals surface area contributed by atoms with Crippen molar-refractivity contribution in [2.45, 2.75) is 38.8 Å². The third-order valence-corrected chi connectivity index (χ3v) is 3.23. The summed E-state index contributed by atoms with van der Waals surface area (Å²) in [6.45, 7) is 7.16. The van der Waals surface area contributed by atoms with Crippen molar-refractivity contribution < 1.29 is 4.79 Å². The van der Waals surface area contributed by atoms with Crippen LogP contribution in [0.2, 0.25) is 0 Å². The maximum Gasteiger partial charge on any atom is 0.236 e. The van der Waals surface area contributed by atoms with E-state index in [1.807, 2.05) is 6.92 Å². The average molecular weight is 213 g/mol. The highest BCUT2D eigenvalue weighted by molar-refractivity contribution is 5.81. The lowest BCUT2D eigenvalue weighted by atomic mass is 10.0. The van der Waals surface area contributed by atoms with E-state index in [-0.39, 0.29) is 11.9 Å². The van der Waals surface area contributed by atoms with Crippen LogP contribution in [0.25, 0.3) is 0 Å². The number of rotatable bonds is 4. The van der Waals surface area contributed by atoms with Crippen LogP contribution in [0, 0.1) is 0 Å². The lowest BCUT2D eigenvalue weighted by Gasteiger charge is -2.37. The molecule has 0 saturated carbocycles. The molecule has 1 saturated heterocycles. The maximum absolute atomic E-state index is 11.6. The van der Waals surface area contributed by atoms with Gasteiger partial charge in [-0.1, -0.05) is 6.92 Å². The number of hydrogen-bond donors (Lipinski definition) is 2. The van der Waals surface area contributed by atoms with Gasteiger partial charge in [-0.3, -0.25) is 9.69 Å². The Morgan fingerprint density at radius 1 is 1.67 bits per heavy atom. The molecule has 0 aromatic carbocycles. The van der Waals surface area contributed by atoms with E-state index in [4.69, 9.17) is 0 Å². The van der Waals surface area contributed by atoms with E-state index in [9.17, 15) is 4.79 Å². The van der Waals surface area contributed by atoms with Crippen LogP contribution in [0.4, 0.5) is 0 Å². The Balaban J connectivity index is 2.56. The van der Waals surface area contributed by atoms with Crippen molar-refractivity contribution in [1.82, 2.24) is 15.5 Å². The monoisotopic (exact) mass is 213 g/mol.